The van der Waals surface area contributed by atoms with Crippen molar-refractivity contribution in [3.63, 3.8) is 0 Å². The van der Waals surface area contributed by atoms with Gasteiger partial charge in [0.15, 0.2) is 0 Å². The fourth-order valence-corrected chi connectivity index (χ4v) is 3.43. The van der Waals surface area contributed by atoms with Crippen LogP contribution < -0.4 is 15.6 Å². The molecule has 7 nitrogen and oxygen atoms in total. The third-order valence-electron chi connectivity index (χ3n) is 3.45. The Morgan fingerprint density at radius 3 is 2.61 bits per heavy atom. The molecule has 1 aliphatic heterocycles. The minimum Gasteiger partial charge on any atom is -0.493 e. The molecule has 1 heterocycles. The topological polar surface area (TPSA) is 116 Å². The third-order valence-corrected chi connectivity index (χ3v) is 5.29. The van der Waals surface area contributed by atoms with Gasteiger partial charge in [0, 0.05) is 24.9 Å². The maximum absolute atomic E-state index is 11.9. The van der Waals surface area contributed by atoms with Crippen LogP contribution in [-0.4, -0.2) is 56.5 Å². The van der Waals surface area contributed by atoms with Gasteiger partial charge in [-0.1, -0.05) is 0 Å². The van der Waals surface area contributed by atoms with Gasteiger partial charge in [-0.25, -0.2) is 13.6 Å². The maximum Gasteiger partial charge on any atom is 0.238 e. The van der Waals surface area contributed by atoms with Gasteiger partial charge < -0.3 is 15.4 Å². The second kappa shape index (κ2) is 8.00. The summed E-state index contributed by atoms with van der Waals surface area (Å²) < 4.78 is 27.7. The zero-order valence-electron chi connectivity index (χ0n) is 12.7. The van der Waals surface area contributed by atoms with Gasteiger partial charge >= 0.3 is 0 Å². The van der Waals surface area contributed by atoms with Gasteiger partial charge in [-0.05, 0) is 30.7 Å². The molecule has 0 unspecified atom stereocenters. The van der Waals surface area contributed by atoms with Gasteiger partial charge in [0.1, 0.15) is 5.75 Å². The smallest absolute Gasteiger partial charge is 0.238 e. The molecule has 1 amide bonds. The van der Waals surface area contributed by atoms with Crippen molar-refractivity contribution in [2.24, 2.45) is 10.9 Å². The molecule has 4 N–H and O–H groups in total. The molecule has 23 heavy (non-hydrogen) atoms. The standard InChI is InChI=1S/C14H21N3O4S2/c15-11-5-6-17(9-11)14(18)10-22-8-7-21-12-1-3-13(4-2-12)23(16,19)20/h1-4,11H,5-10,15H2,(H2,16,19,20)/t11-/m1/s1. The van der Waals surface area contributed by atoms with Crippen LogP contribution in [0.4, 0.5) is 0 Å². The summed E-state index contributed by atoms with van der Waals surface area (Å²) >= 11 is 1.50. The Balaban J connectivity index is 1.65. The predicted octanol–water partition coefficient (Wildman–Crippen LogP) is 0.00560. The molecule has 1 aliphatic rings. The Hall–Kier alpha value is -1.29. The first-order chi connectivity index (χ1) is 10.9. The van der Waals surface area contributed by atoms with Gasteiger partial charge in [-0.3, -0.25) is 4.79 Å². The van der Waals surface area contributed by atoms with Gasteiger partial charge in [0.25, 0.3) is 0 Å². The van der Waals surface area contributed by atoms with E-state index in [2.05, 4.69) is 0 Å². The SMILES string of the molecule is N[C@@H]1CCN(C(=O)CSCCOc2ccc(S(N)(=O)=O)cc2)C1. The highest BCUT2D eigenvalue weighted by atomic mass is 32.2. The number of carbonyl (C=O) groups is 1. The molecule has 1 aromatic carbocycles. The lowest BCUT2D eigenvalue weighted by Gasteiger charge is -2.15. The molecule has 0 radical (unpaired) electrons. The van der Waals surface area contributed by atoms with E-state index in [1.165, 1.54) is 23.9 Å². The Morgan fingerprint density at radius 1 is 1.35 bits per heavy atom. The molecule has 1 fully saturated rings. The molecule has 0 saturated carbocycles. The van der Waals surface area contributed by atoms with E-state index < -0.39 is 10.0 Å². The fraction of sp³-hybridized carbons (Fsp3) is 0.500. The minimum absolute atomic E-state index is 0.0497. The Morgan fingerprint density at radius 2 is 2.04 bits per heavy atom. The normalized spacial score (nSPS) is 18.2. The van der Waals surface area contributed by atoms with Crippen LogP contribution in [0.3, 0.4) is 0 Å². The summed E-state index contributed by atoms with van der Waals surface area (Å²) in [5, 5.41) is 5.02. The maximum atomic E-state index is 11.9. The molecule has 1 saturated heterocycles. The number of carbonyl (C=O) groups excluding carboxylic acids is 1. The first kappa shape index (κ1) is 18.1. The lowest BCUT2D eigenvalue weighted by atomic mass is 10.3. The molecular weight excluding hydrogens is 338 g/mol. The summed E-state index contributed by atoms with van der Waals surface area (Å²) in [6.45, 7) is 1.83. The number of ether oxygens (including phenoxy) is 1. The zero-order chi connectivity index (χ0) is 16.9. The molecule has 2 rings (SSSR count). The number of amides is 1. The van der Waals surface area contributed by atoms with Crippen molar-refractivity contribution in [1.29, 1.82) is 0 Å². The van der Waals surface area contributed by atoms with Gasteiger partial charge in [0.2, 0.25) is 15.9 Å². The van der Waals surface area contributed by atoms with E-state index in [1.54, 1.807) is 17.0 Å². The van der Waals surface area contributed by atoms with Crippen LogP contribution >= 0.6 is 11.8 Å². The molecule has 0 aliphatic carbocycles. The Bertz CT molecular complexity index is 634. The van der Waals surface area contributed by atoms with Crippen LogP contribution in [0.15, 0.2) is 29.2 Å². The van der Waals surface area contributed by atoms with Crippen molar-refractivity contribution in [2.45, 2.75) is 17.4 Å². The molecular formula is C14H21N3O4S2. The van der Waals surface area contributed by atoms with Crippen LogP contribution in [0.2, 0.25) is 0 Å². The number of rotatable bonds is 7. The van der Waals surface area contributed by atoms with E-state index in [0.29, 0.717) is 30.4 Å². The Labute approximate surface area is 140 Å². The lowest BCUT2D eigenvalue weighted by Crippen LogP contribution is -2.33. The number of thioether (sulfide) groups is 1. The first-order valence-corrected chi connectivity index (χ1v) is 9.93. The summed E-state index contributed by atoms with van der Waals surface area (Å²) in [4.78, 5) is 13.7. The number of nitrogens with two attached hydrogens (primary N) is 2. The third kappa shape index (κ3) is 5.69. The predicted molar refractivity (Wildman–Crippen MR) is 89.8 cm³/mol. The van der Waals surface area contributed by atoms with Crippen LogP contribution in [0.1, 0.15) is 6.42 Å². The highest BCUT2D eigenvalue weighted by molar-refractivity contribution is 7.99. The number of primary sulfonamides is 1. The second-order valence-corrected chi connectivity index (χ2v) is 7.97. The second-order valence-electron chi connectivity index (χ2n) is 5.31. The lowest BCUT2D eigenvalue weighted by molar-refractivity contribution is -0.127. The number of hydrogen-bond acceptors (Lipinski definition) is 6. The molecule has 0 aromatic heterocycles. The number of benzene rings is 1. The number of likely N-dealkylation sites (tertiary alicyclic amines) is 1. The minimum atomic E-state index is -3.68. The van der Waals surface area contributed by atoms with E-state index in [0.717, 1.165) is 13.0 Å². The quantitative estimate of drug-likeness (QED) is 0.662. The highest BCUT2D eigenvalue weighted by Crippen LogP contribution is 2.15. The Kier molecular flexibility index (Phi) is 6.28. The summed E-state index contributed by atoms with van der Waals surface area (Å²) in [6.07, 6.45) is 0.869. The molecule has 0 spiro atoms. The monoisotopic (exact) mass is 359 g/mol. The van der Waals surface area contributed by atoms with Gasteiger partial charge in [-0.15, -0.1) is 11.8 Å². The van der Waals surface area contributed by atoms with E-state index in [-0.39, 0.29) is 16.8 Å². The van der Waals surface area contributed by atoms with E-state index >= 15 is 0 Å². The van der Waals surface area contributed by atoms with Crippen LogP contribution in [0, 0.1) is 0 Å². The number of sulfonamides is 1. The summed E-state index contributed by atoms with van der Waals surface area (Å²) in [6, 6.07) is 6.02. The average Bonchev–Trinajstić information content (AvgIpc) is 2.93. The molecule has 1 atom stereocenters. The molecule has 0 bridgehead atoms. The van der Waals surface area contributed by atoms with E-state index in [9.17, 15) is 13.2 Å². The van der Waals surface area contributed by atoms with E-state index in [1.807, 2.05) is 0 Å². The number of hydrogen-bond donors (Lipinski definition) is 2. The molecule has 1 aromatic rings. The number of nitrogens with zero attached hydrogens (tertiary/aromatic N) is 1. The largest absolute Gasteiger partial charge is 0.493 e. The van der Waals surface area contributed by atoms with Crippen molar-refractivity contribution in [2.75, 3.05) is 31.2 Å². The molecule has 128 valence electrons. The van der Waals surface area contributed by atoms with Crippen molar-refractivity contribution < 1.29 is 17.9 Å². The average molecular weight is 359 g/mol. The highest BCUT2D eigenvalue weighted by Gasteiger charge is 2.22. The van der Waals surface area contributed by atoms with Crippen molar-refractivity contribution in [3.05, 3.63) is 24.3 Å². The van der Waals surface area contributed by atoms with Crippen LogP contribution in [-0.2, 0) is 14.8 Å². The molecule has 9 heteroatoms. The summed E-state index contributed by atoms with van der Waals surface area (Å²) in [5.41, 5.74) is 5.77. The van der Waals surface area contributed by atoms with Crippen molar-refractivity contribution in [1.82, 2.24) is 4.90 Å². The summed E-state index contributed by atoms with van der Waals surface area (Å²) in [7, 11) is -3.68. The van der Waals surface area contributed by atoms with Gasteiger partial charge in [0.05, 0.1) is 17.3 Å². The van der Waals surface area contributed by atoms with Crippen LogP contribution in [0.5, 0.6) is 5.75 Å². The summed E-state index contributed by atoms with van der Waals surface area (Å²) in [5.74, 6) is 1.76. The van der Waals surface area contributed by atoms with E-state index in [4.69, 9.17) is 15.6 Å². The van der Waals surface area contributed by atoms with Crippen molar-refractivity contribution >= 4 is 27.7 Å². The zero-order valence-corrected chi connectivity index (χ0v) is 14.3. The van der Waals surface area contributed by atoms with Crippen LogP contribution in [0.25, 0.3) is 0 Å². The van der Waals surface area contributed by atoms with Gasteiger partial charge in [-0.2, -0.15) is 0 Å². The first-order valence-electron chi connectivity index (χ1n) is 7.23. The van der Waals surface area contributed by atoms with Crippen molar-refractivity contribution in [3.8, 4) is 5.75 Å². The fourth-order valence-electron chi connectivity index (χ4n) is 2.21.